The molecule has 252 valence electrons. The zero-order valence-electron chi connectivity index (χ0n) is 27.1. The summed E-state index contributed by atoms with van der Waals surface area (Å²) in [6, 6.07) is 19.8. The van der Waals surface area contributed by atoms with E-state index in [4.69, 9.17) is 14.6 Å². The van der Waals surface area contributed by atoms with Gasteiger partial charge in [-0.3, -0.25) is 9.59 Å². The number of halogens is 1. The minimum Gasteiger partial charge on any atom is -0.496 e. The molecule has 0 aliphatic rings. The molecule has 2 atom stereocenters. The largest absolute Gasteiger partial charge is 0.496 e. The van der Waals surface area contributed by atoms with Crippen LogP contribution in [0.2, 0.25) is 0 Å². The summed E-state index contributed by atoms with van der Waals surface area (Å²) in [7, 11) is 2.71. The molecule has 0 spiro atoms. The third-order valence-corrected chi connectivity index (χ3v) is 7.69. The van der Waals surface area contributed by atoms with Crippen molar-refractivity contribution in [3.05, 3.63) is 107 Å². The number of aliphatic hydroxyl groups is 2. The van der Waals surface area contributed by atoms with Crippen molar-refractivity contribution < 1.29 is 43.6 Å². The molecule has 0 saturated heterocycles. The third kappa shape index (κ3) is 8.36. The lowest BCUT2D eigenvalue weighted by Crippen LogP contribution is -2.27. The van der Waals surface area contributed by atoms with E-state index in [0.29, 0.717) is 39.4 Å². The van der Waals surface area contributed by atoms with E-state index in [1.54, 1.807) is 36.4 Å². The van der Waals surface area contributed by atoms with Crippen LogP contribution in [0.25, 0.3) is 28.3 Å². The molecule has 0 fully saturated rings. The van der Waals surface area contributed by atoms with E-state index in [9.17, 15) is 29.0 Å². The lowest BCUT2D eigenvalue weighted by molar-refractivity contribution is -0.139. The van der Waals surface area contributed by atoms with Crippen molar-refractivity contribution >= 4 is 23.9 Å². The van der Waals surface area contributed by atoms with Gasteiger partial charge in [-0.25, -0.2) is 9.18 Å². The molecule has 11 heteroatoms. The highest BCUT2D eigenvalue weighted by Gasteiger charge is 2.29. The Labute approximate surface area is 278 Å². The zero-order valence-corrected chi connectivity index (χ0v) is 27.1. The van der Waals surface area contributed by atoms with Crippen LogP contribution in [0.15, 0.2) is 78.9 Å². The standard InChI is InChI=1S/C37H39FN2O8/c1-22(2)40-30(17-15-27(41)19-28(42)20-32(43)44)33(25-11-13-26(38)14-12-25)34(24-8-6-5-7-9-24)35(40)36(45)39-21-23-10-16-29(37(46)48-4)31(18-23)47-3/h5-18,22,27-28,41-42H,19-21H2,1-4H3,(H,39,45)(H,43,44). The number of amides is 1. The summed E-state index contributed by atoms with van der Waals surface area (Å²) in [6.45, 7) is 3.90. The van der Waals surface area contributed by atoms with Crippen molar-refractivity contribution in [3.63, 3.8) is 0 Å². The number of carboxylic acids is 1. The first-order valence-electron chi connectivity index (χ1n) is 15.3. The minimum absolute atomic E-state index is 0.0887. The Balaban J connectivity index is 1.87. The van der Waals surface area contributed by atoms with E-state index in [1.807, 2.05) is 48.7 Å². The van der Waals surface area contributed by atoms with Gasteiger partial charge in [0.1, 0.15) is 22.8 Å². The molecule has 1 aromatic heterocycles. The number of methoxy groups -OCH3 is 2. The van der Waals surface area contributed by atoms with Crippen LogP contribution in [0.1, 0.15) is 64.8 Å². The molecular weight excluding hydrogens is 619 g/mol. The fourth-order valence-electron chi connectivity index (χ4n) is 5.56. The lowest BCUT2D eigenvalue weighted by atomic mass is 9.94. The van der Waals surface area contributed by atoms with Crippen molar-refractivity contribution in [2.24, 2.45) is 0 Å². The molecule has 0 saturated carbocycles. The summed E-state index contributed by atoms with van der Waals surface area (Å²) < 4.78 is 26.1. The van der Waals surface area contributed by atoms with Gasteiger partial charge in [0, 0.05) is 35.8 Å². The fourth-order valence-corrected chi connectivity index (χ4v) is 5.56. The Morgan fingerprint density at radius 3 is 2.21 bits per heavy atom. The van der Waals surface area contributed by atoms with Crippen molar-refractivity contribution in [1.29, 1.82) is 0 Å². The number of ether oxygens (including phenoxy) is 2. The number of rotatable bonds is 14. The predicted octanol–water partition coefficient (Wildman–Crippen LogP) is 5.87. The second-order valence-corrected chi connectivity index (χ2v) is 11.4. The molecule has 4 N–H and O–H groups in total. The maximum atomic E-state index is 14.3. The maximum absolute atomic E-state index is 14.3. The van der Waals surface area contributed by atoms with Crippen molar-refractivity contribution in [1.82, 2.24) is 9.88 Å². The van der Waals surface area contributed by atoms with Gasteiger partial charge in [-0.05, 0) is 60.9 Å². The van der Waals surface area contributed by atoms with Crippen molar-refractivity contribution in [2.75, 3.05) is 14.2 Å². The van der Waals surface area contributed by atoms with Gasteiger partial charge in [0.15, 0.2) is 0 Å². The number of aliphatic hydroxyl groups excluding tert-OH is 2. The molecule has 0 aliphatic heterocycles. The minimum atomic E-state index is -1.27. The summed E-state index contributed by atoms with van der Waals surface area (Å²) in [5, 5.41) is 32.8. The Morgan fingerprint density at radius 1 is 0.938 bits per heavy atom. The van der Waals surface area contributed by atoms with Crippen LogP contribution >= 0.6 is 0 Å². The first-order chi connectivity index (χ1) is 22.9. The Kier molecular flexibility index (Phi) is 11.9. The SMILES string of the molecule is COC(=O)c1ccc(CNC(=O)c2c(-c3ccccc3)c(-c3ccc(F)cc3)c(C=CC(O)CC(O)CC(=O)O)n2C(C)C)cc1OC. The van der Waals surface area contributed by atoms with E-state index in [0.717, 1.165) is 5.56 Å². The number of aliphatic carboxylic acids is 1. The number of hydrogen-bond acceptors (Lipinski definition) is 7. The number of nitrogens with zero attached hydrogens (tertiary/aromatic N) is 1. The number of hydrogen-bond donors (Lipinski definition) is 4. The van der Waals surface area contributed by atoms with Gasteiger partial charge in [0.05, 0.1) is 32.8 Å². The normalized spacial score (nSPS) is 12.6. The summed E-state index contributed by atoms with van der Waals surface area (Å²) in [4.78, 5) is 37.5. The van der Waals surface area contributed by atoms with Gasteiger partial charge in [-0.2, -0.15) is 0 Å². The summed E-state index contributed by atoms with van der Waals surface area (Å²) in [6.07, 6.45) is -0.121. The second-order valence-electron chi connectivity index (χ2n) is 11.4. The highest BCUT2D eigenvalue weighted by molar-refractivity contribution is 6.06. The van der Waals surface area contributed by atoms with E-state index in [1.165, 1.54) is 32.4 Å². The van der Waals surface area contributed by atoms with Crippen molar-refractivity contribution in [3.8, 4) is 28.0 Å². The van der Waals surface area contributed by atoms with Crippen LogP contribution in [0.5, 0.6) is 5.75 Å². The monoisotopic (exact) mass is 658 g/mol. The molecule has 1 heterocycles. The lowest BCUT2D eigenvalue weighted by Gasteiger charge is -2.17. The second kappa shape index (κ2) is 16.0. The zero-order chi connectivity index (χ0) is 35.0. The van der Waals surface area contributed by atoms with Crippen molar-refractivity contribution in [2.45, 2.75) is 51.5 Å². The van der Waals surface area contributed by atoms with Gasteiger partial charge in [-0.1, -0.05) is 54.6 Å². The fraction of sp³-hybridized carbons (Fsp3) is 0.270. The smallest absolute Gasteiger partial charge is 0.341 e. The first kappa shape index (κ1) is 35.6. The van der Waals surface area contributed by atoms with Crippen LogP contribution < -0.4 is 10.1 Å². The van der Waals surface area contributed by atoms with Gasteiger partial charge >= 0.3 is 11.9 Å². The number of carbonyl (C=O) groups is 3. The summed E-state index contributed by atoms with van der Waals surface area (Å²) >= 11 is 0. The number of carbonyl (C=O) groups excluding carboxylic acids is 2. The van der Waals surface area contributed by atoms with Gasteiger partial charge in [-0.15, -0.1) is 0 Å². The number of carboxylic acid groups (broad SMARTS) is 1. The van der Waals surface area contributed by atoms with E-state index in [2.05, 4.69) is 5.32 Å². The summed E-state index contributed by atoms with van der Waals surface area (Å²) in [5.74, 6) is -2.30. The quantitative estimate of drug-likeness (QED) is 0.123. The highest BCUT2D eigenvalue weighted by atomic mass is 19.1. The number of esters is 1. The van der Waals surface area contributed by atoms with E-state index in [-0.39, 0.29) is 24.6 Å². The Hall–Kier alpha value is -5.26. The van der Waals surface area contributed by atoms with Gasteiger partial charge in [0.2, 0.25) is 0 Å². The van der Waals surface area contributed by atoms with Crippen LogP contribution in [0, 0.1) is 5.82 Å². The molecule has 4 aromatic rings. The van der Waals surface area contributed by atoms with E-state index >= 15 is 0 Å². The average Bonchev–Trinajstić information content (AvgIpc) is 3.41. The molecule has 4 rings (SSSR count). The van der Waals surface area contributed by atoms with Gasteiger partial charge < -0.3 is 34.7 Å². The third-order valence-electron chi connectivity index (χ3n) is 7.69. The van der Waals surface area contributed by atoms with E-state index < -0.39 is 42.3 Å². The van der Waals surface area contributed by atoms with Gasteiger partial charge in [0.25, 0.3) is 5.91 Å². The molecule has 0 radical (unpaired) electrons. The number of aromatic nitrogens is 1. The summed E-state index contributed by atoms with van der Waals surface area (Å²) in [5.41, 5.74) is 4.28. The number of nitrogens with one attached hydrogen (secondary N) is 1. The Morgan fingerprint density at radius 2 is 1.60 bits per heavy atom. The van der Waals surface area contributed by atoms with Crippen LogP contribution in [0.3, 0.4) is 0 Å². The molecule has 2 unspecified atom stereocenters. The molecule has 0 aliphatic carbocycles. The molecule has 0 bridgehead atoms. The maximum Gasteiger partial charge on any atom is 0.341 e. The predicted molar refractivity (Wildman–Crippen MR) is 179 cm³/mol. The molecule has 10 nitrogen and oxygen atoms in total. The number of benzene rings is 3. The molecular formula is C37H39FN2O8. The average molecular weight is 659 g/mol. The molecule has 1 amide bonds. The van der Waals surface area contributed by atoms with Crippen LogP contribution in [-0.4, -0.2) is 64.2 Å². The Bertz CT molecular complexity index is 1780. The molecule has 48 heavy (non-hydrogen) atoms. The molecule has 3 aromatic carbocycles. The van der Waals surface area contributed by atoms with Crippen LogP contribution in [-0.2, 0) is 16.1 Å². The topological polar surface area (TPSA) is 147 Å². The highest BCUT2D eigenvalue weighted by Crippen LogP contribution is 2.42. The van der Waals surface area contributed by atoms with Crippen LogP contribution in [0.4, 0.5) is 4.39 Å². The first-order valence-corrected chi connectivity index (χ1v) is 15.3.